The van der Waals surface area contributed by atoms with Crippen molar-refractivity contribution in [1.82, 2.24) is 0 Å². The molecule has 0 heterocycles. The number of benzene rings is 1. The fraction of sp³-hybridized carbons (Fsp3) is 0.760. The van der Waals surface area contributed by atoms with Crippen LogP contribution in [0.5, 0.6) is 5.75 Å². The molecule has 0 aliphatic rings. The molecule has 0 saturated heterocycles. The topological polar surface area (TPSA) is 20.2 Å². The van der Waals surface area contributed by atoms with Crippen LogP contribution in [0.2, 0.25) is 0 Å². The Hall–Kier alpha value is -0.980. The van der Waals surface area contributed by atoms with Crippen LogP contribution < -0.4 is 0 Å². The standard InChI is InChI=1S/C25H44O/c1-10-12-14-20(24(4,5)6)19-16-17-22(26)18(3)23(19)21(15-13-11-2)25(7,8)9/h16-17,20-21,26H,10-15H2,1-9H3. The average Bonchev–Trinajstić information content (AvgIpc) is 2.51. The largest absolute Gasteiger partial charge is 0.508 e. The van der Waals surface area contributed by atoms with E-state index < -0.39 is 0 Å². The summed E-state index contributed by atoms with van der Waals surface area (Å²) in [4.78, 5) is 0. The van der Waals surface area contributed by atoms with Crippen molar-refractivity contribution in [2.45, 2.75) is 113 Å². The molecule has 1 aromatic carbocycles. The van der Waals surface area contributed by atoms with Gasteiger partial charge in [-0.3, -0.25) is 0 Å². The van der Waals surface area contributed by atoms with E-state index in [1.807, 2.05) is 6.07 Å². The van der Waals surface area contributed by atoms with Crippen LogP contribution in [-0.4, -0.2) is 5.11 Å². The molecular weight excluding hydrogens is 316 g/mol. The Balaban J connectivity index is 3.60. The van der Waals surface area contributed by atoms with Gasteiger partial charge in [-0.1, -0.05) is 87.1 Å². The number of phenols is 1. The molecule has 0 amide bonds. The van der Waals surface area contributed by atoms with E-state index in [-0.39, 0.29) is 10.8 Å². The number of rotatable bonds is 8. The summed E-state index contributed by atoms with van der Waals surface area (Å²) in [6.45, 7) is 20.9. The highest BCUT2D eigenvalue weighted by molar-refractivity contribution is 5.48. The van der Waals surface area contributed by atoms with Gasteiger partial charge in [0.1, 0.15) is 5.75 Å². The highest BCUT2D eigenvalue weighted by Crippen LogP contribution is 2.49. The SMILES string of the molecule is CCCCC(c1ccc(O)c(C)c1C(CCCC)C(C)(C)C)C(C)(C)C. The summed E-state index contributed by atoms with van der Waals surface area (Å²) in [5.74, 6) is 1.47. The fourth-order valence-electron chi connectivity index (χ4n) is 4.39. The summed E-state index contributed by atoms with van der Waals surface area (Å²) < 4.78 is 0. The Bertz CT molecular complexity index is 557. The maximum atomic E-state index is 10.5. The van der Waals surface area contributed by atoms with E-state index in [1.54, 1.807) is 0 Å². The van der Waals surface area contributed by atoms with Gasteiger partial charge in [0.05, 0.1) is 0 Å². The van der Waals surface area contributed by atoms with Gasteiger partial charge in [-0.15, -0.1) is 0 Å². The van der Waals surface area contributed by atoms with Gasteiger partial charge in [-0.2, -0.15) is 0 Å². The van der Waals surface area contributed by atoms with Gasteiger partial charge in [-0.05, 0) is 65.2 Å². The molecule has 1 heteroatoms. The first-order valence-corrected chi connectivity index (χ1v) is 10.8. The van der Waals surface area contributed by atoms with Crippen molar-refractivity contribution in [1.29, 1.82) is 0 Å². The minimum atomic E-state index is 0.190. The summed E-state index contributed by atoms with van der Waals surface area (Å²) in [6, 6.07) is 4.16. The molecular formula is C25H44O. The number of hydrogen-bond donors (Lipinski definition) is 1. The van der Waals surface area contributed by atoms with Gasteiger partial charge in [0.15, 0.2) is 0 Å². The molecule has 0 saturated carbocycles. The lowest BCUT2D eigenvalue weighted by Crippen LogP contribution is -2.25. The third kappa shape index (κ3) is 5.76. The summed E-state index contributed by atoms with van der Waals surface area (Å²) in [7, 11) is 0. The smallest absolute Gasteiger partial charge is 0.118 e. The number of unbranched alkanes of at least 4 members (excludes halogenated alkanes) is 2. The molecule has 0 fully saturated rings. The van der Waals surface area contributed by atoms with Crippen molar-refractivity contribution >= 4 is 0 Å². The van der Waals surface area contributed by atoms with Crippen LogP contribution in [0.25, 0.3) is 0 Å². The molecule has 0 bridgehead atoms. The zero-order valence-electron chi connectivity index (χ0n) is 19.0. The van der Waals surface area contributed by atoms with Gasteiger partial charge >= 0.3 is 0 Å². The van der Waals surface area contributed by atoms with Crippen LogP contribution in [0.1, 0.15) is 122 Å². The number of aromatic hydroxyl groups is 1. The van der Waals surface area contributed by atoms with Gasteiger partial charge in [-0.25, -0.2) is 0 Å². The molecule has 0 spiro atoms. The molecule has 1 nitrogen and oxygen atoms in total. The van der Waals surface area contributed by atoms with E-state index in [1.165, 1.54) is 49.7 Å². The first-order chi connectivity index (χ1) is 11.9. The van der Waals surface area contributed by atoms with Crippen LogP contribution in [0.3, 0.4) is 0 Å². The quantitative estimate of drug-likeness (QED) is 0.494. The van der Waals surface area contributed by atoms with E-state index in [0.717, 1.165) is 5.56 Å². The molecule has 0 aromatic heterocycles. The fourth-order valence-corrected chi connectivity index (χ4v) is 4.39. The van der Waals surface area contributed by atoms with Crippen LogP contribution in [0.4, 0.5) is 0 Å². The van der Waals surface area contributed by atoms with Crippen molar-refractivity contribution in [3.63, 3.8) is 0 Å². The van der Waals surface area contributed by atoms with E-state index in [0.29, 0.717) is 17.6 Å². The minimum absolute atomic E-state index is 0.190. The van der Waals surface area contributed by atoms with Gasteiger partial charge in [0.25, 0.3) is 0 Å². The van der Waals surface area contributed by atoms with Crippen LogP contribution in [0.15, 0.2) is 12.1 Å². The van der Waals surface area contributed by atoms with E-state index >= 15 is 0 Å². The third-order valence-electron chi connectivity index (χ3n) is 6.03. The monoisotopic (exact) mass is 360 g/mol. The zero-order chi connectivity index (χ0) is 20.1. The summed E-state index contributed by atoms with van der Waals surface area (Å²) in [5.41, 5.74) is 4.43. The van der Waals surface area contributed by atoms with Crippen molar-refractivity contribution in [2.75, 3.05) is 0 Å². The Kier molecular flexibility index (Phi) is 8.24. The number of hydrogen-bond acceptors (Lipinski definition) is 1. The maximum Gasteiger partial charge on any atom is 0.118 e. The molecule has 1 N–H and O–H groups in total. The second kappa shape index (κ2) is 9.29. The molecule has 2 atom stereocenters. The summed E-state index contributed by atoms with van der Waals surface area (Å²) >= 11 is 0. The average molecular weight is 361 g/mol. The lowest BCUT2D eigenvalue weighted by molar-refractivity contribution is 0.275. The van der Waals surface area contributed by atoms with Gasteiger partial charge in [0.2, 0.25) is 0 Å². The minimum Gasteiger partial charge on any atom is -0.508 e. The Labute approximate surface area is 163 Å². The van der Waals surface area contributed by atoms with E-state index in [2.05, 4.69) is 68.4 Å². The first-order valence-electron chi connectivity index (χ1n) is 10.8. The zero-order valence-corrected chi connectivity index (χ0v) is 19.0. The molecule has 0 aliphatic carbocycles. The molecule has 2 unspecified atom stereocenters. The molecule has 26 heavy (non-hydrogen) atoms. The Morgan fingerprint density at radius 3 is 1.69 bits per heavy atom. The summed E-state index contributed by atoms with van der Waals surface area (Å²) in [6.07, 6.45) is 7.38. The molecule has 150 valence electrons. The van der Waals surface area contributed by atoms with Crippen molar-refractivity contribution in [2.24, 2.45) is 10.8 Å². The lowest BCUT2D eigenvalue weighted by atomic mass is 9.66. The first kappa shape index (κ1) is 23.1. The van der Waals surface area contributed by atoms with Gasteiger partial charge in [0, 0.05) is 0 Å². The Morgan fingerprint density at radius 1 is 0.808 bits per heavy atom. The summed E-state index contributed by atoms with van der Waals surface area (Å²) in [5, 5.41) is 10.5. The van der Waals surface area contributed by atoms with Crippen molar-refractivity contribution in [3.8, 4) is 5.75 Å². The van der Waals surface area contributed by atoms with Crippen LogP contribution >= 0.6 is 0 Å². The number of phenolic OH excluding ortho intramolecular Hbond substituents is 1. The van der Waals surface area contributed by atoms with Crippen molar-refractivity contribution in [3.05, 3.63) is 28.8 Å². The molecule has 1 aromatic rings. The molecule has 1 rings (SSSR count). The highest BCUT2D eigenvalue weighted by atomic mass is 16.3. The van der Waals surface area contributed by atoms with Gasteiger partial charge < -0.3 is 5.11 Å². The second-order valence-corrected chi connectivity index (χ2v) is 10.3. The van der Waals surface area contributed by atoms with E-state index in [9.17, 15) is 5.11 Å². The maximum absolute atomic E-state index is 10.5. The molecule has 0 aliphatic heterocycles. The lowest BCUT2D eigenvalue weighted by Gasteiger charge is -2.39. The molecule has 0 radical (unpaired) electrons. The van der Waals surface area contributed by atoms with E-state index in [4.69, 9.17) is 0 Å². The Morgan fingerprint density at radius 2 is 1.27 bits per heavy atom. The third-order valence-corrected chi connectivity index (χ3v) is 6.03. The highest BCUT2D eigenvalue weighted by Gasteiger charge is 2.34. The predicted octanol–water partition coefficient (Wildman–Crippen LogP) is 8.34. The second-order valence-electron chi connectivity index (χ2n) is 10.3. The predicted molar refractivity (Wildman–Crippen MR) is 116 cm³/mol. The van der Waals surface area contributed by atoms with Crippen molar-refractivity contribution < 1.29 is 5.11 Å². The van der Waals surface area contributed by atoms with Crippen LogP contribution in [0, 0.1) is 17.8 Å². The van der Waals surface area contributed by atoms with Crippen LogP contribution in [-0.2, 0) is 0 Å². The normalized spacial score (nSPS) is 15.1.